The quantitative estimate of drug-likeness (QED) is 0.845. The van der Waals surface area contributed by atoms with Crippen LogP contribution in [-0.4, -0.2) is 50.3 Å². The van der Waals surface area contributed by atoms with Gasteiger partial charge in [0.25, 0.3) is 5.91 Å². The van der Waals surface area contributed by atoms with Crippen molar-refractivity contribution in [3.63, 3.8) is 0 Å². The number of fused-ring (bicyclic) bond motifs is 2. The monoisotopic (exact) mass is 376 g/mol. The van der Waals surface area contributed by atoms with Crippen molar-refractivity contribution in [1.82, 2.24) is 9.97 Å². The van der Waals surface area contributed by atoms with Crippen LogP contribution in [0.15, 0.2) is 30.7 Å². The van der Waals surface area contributed by atoms with E-state index in [-0.39, 0.29) is 11.3 Å². The highest BCUT2D eigenvalue weighted by atomic mass is 32.2. The molecule has 0 atom stereocenters. The third kappa shape index (κ3) is 2.86. The predicted molar refractivity (Wildman–Crippen MR) is 96.9 cm³/mol. The minimum absolute atomic E-state index is 0.272. The first-order valence-corrected chi connectivity index (χ1v) is 10.2. The highest BCUT2D eigenvalue weighted by Crippen LogP contribution is 2.48. The van der Waals surface area contributed by atoms with Crippen LogP contribution < -0.4 is 9.62 Å². The molecule has 0 bridgehead atoms. The molecule has 1 fully saturated rings. The average molecular weight is 376 g/mol. The SMILES string of the molecule is CS(=O)(=O)N1CC2(CCOCC2)c2cc(NC(=O)c3cnc[nH]3)ccc21. The van der Waals surface area contributed by atoms with Crippen LogP contribution in [0.25, 0.3) is 0 Å². The number of hydrogen-bond donors (Lipinski definition) is 2. The zero-order valence-corrected chi connectivity index (χ0v) is 15.2. The Hall–Kier alpha value is -2.39. The van der Waals surface area contributed by atoms with E-state index in [4.69, 9.17) is 4.74 Å². The molecule has 2 aliphatic heterocycles. The lowest BCUT2D eigenvalue weighted by atomic mass is 9.76. The van der Waals surface area contributed by atoms with Crippen molar-refractivity contribution in [2.24, 2.45) is 0 Å². The number of hydrogen-bond acceptors (Lipinski definition) is 5. The third-order valence-corrected chi connectivity index (χ3v) is 6.26. The summed E-state index contributed by atoms with van der Waals surface area (Å²) in [7, 11) is -3.37. The lowest BCUT2D eigenvalue weighted by Gasteiger charge is -2.34. The first-order valence-electron chi connectivity index (χ1n) is 8.39. The smallest absolute Gasteiger partial charge is 0.273 e. The number of H-pyrrole nitrogens is 1. The zero-order valence-electron chi connectivity index (χ0n) is 14.4. The third-order valence-electron chi connectivity index (χ3n) is 5.13. The van der Waals surface area contributed by atoms with Crippen molar-refractivity contribution >= 4 is 27.3 Å². The molecule has 3 heterocycles. The number of nitrogens with zero attached hydrogens (tertiary/aromatic N) is 2. The molecule has 9 heteroatoms. The number of sulfonamides is 1. The van der Waals surface area contributed by atoms with Crippen LogP contribution in [0.2, 0.25) is 0 Å². The van der Waals surface area contributed by atoms with Crippen LogP contribution in [-0.2, 0) is 20.2 Å². The van der Waals surface area contributed by atoms with Gasteiger partial charge in [0, 0.05) is 30.9 Å². The lowest BCUT2D eigenvalue weighted by Crippen LogP contribution is -2.40. The maximum absolute atomic E-state index is 12.3. The summed E-state index contributed by atoms with van der Waals surface area (Å²) in [6.45, 7) is 1.62. The van der Waals surface area contributed by atoms with E-state index in [1.54, 1.807) is 12.1 Å². The Morgan fingerprint density at radius 3 is 2.77 bits per heavy atom. The van der Waals surface area contributed by atoms with E-state index in [0.29, 0.717) is 36.8 Å². The molecule has 1 amide bonds. The van der Waals surface area contributed by atoms with Gasteiger partial charge in [0.1, 0.15) is 5.69 Å². The van der Waals surface area contributed by atoms with Crippen molar-refractivity contribution in [2.45, 2.75) is 18.3 Å². The summed E-state index contributed by atoms with van der Waals surface area (Å²) in [5.41, 5.74) is 2.36. The fourth-order valence-corrected chi connectivity index (χ4v) is 4.76. The number of aromatic nitrogens is 2. The molecule has 1 spiro atoms. The van der Waals surface area contributed by atoms with Crippen LogP contribution >= 0.6 is 0 Å². The van der Waals surface area contributed by atoms with Crippen LogP contribution in [0.5, 0.6) is 0 Å². The predicted octanol–water partition coefficient (Wildman–Crippen LogP) is 1.49. The van der Waals surface area contributed by atoms with Gasteiger partial charge in [-0.3, -0.25) is 9.10 Å². The Labute approximate surface area is 151 Å². The molecule has 8 nitrogen and oxygen atoms in total. The molecule has 4 rings (SSSR count). The number of ether oxygens (including phenoxy) is 1. The minimum Gasteiger partial charge on any atom is -0.381 e. The molecule has 1 saturated heterocycles. The molecule has 138 valence electrons. The van der Waals surface area contributed by atoms with E-state index in [1.165, 1.54) is 23.1 Å². The fourth-order valence-electron chi connectivity index (χ4n) is 3.77. The molecular weight excluding hydrogens is 356 g/mol. The molecule has 0 unspecified atom stereocenters. The van der Waals surface area contributed by atoms with Gasteiger partial charge in [-0.25, -0.2) is 13.4 Å². The Bertz CT molecular complexity index is 934. The molecule has 1 aromatic carbocycles. The number of benzene rings is 1. The van der Waals surface area contributed by atoms with Gasteiger partial charge in [-0.05, 0) is 36.6 Å². The Morgan fingerprint density at radius 1 is 1.35 bits per heavy atom. The zero-order chi connectivity index (χ0) is 18.4. The Morgan fingerprint density at radius 2 is 2.12 bits per heavy atom. The van der Waals surface area contributed by atoms with Crippen molar-refractivity contribution in [3.05, 3.63) is 42.0 Å². The molecule has 0 saturated carbocycles. The highest BCUT2D eigenvalue weighted by Gasteiger charge is 2.46. The topological polar surface area (TPSA) is 104 Å². The van der Waals surface area contributed by atoms with Crippen molar-refractivity contribution in [1.29, 1.82) is 0 Å². The number of nitrogens with one attached hydrogen (secondary N) is 2. The largest absolute Gasteiger partial charge is 0.381 e. The fraction of sp³-hybridized carbons (Fsp3) is 0.412. The van der Waals surface area contributed by atoms with Crippen LogP contribution in [0.3, 0.4) is 0 Å². The number of amides is 1. The number of anilines is 2. The van der Waals surface area contributed by atoms with E-state index >= 15 is 0 Å². The van der Waals surface area contributed by atoms with E-state index in [0.717, 1.165) is 18.4 Å². The summed E-state index contributed by atoms with van der Waals surface area (Å²) in [5.74, 6) is -0.290. The van der Waals surface area contributed by atoms with E-state index < -0.39 is 10.0 Å². The lowest BCUT2D eigenvalue weighted by molar-refractivity contribution is 0.0560. The summed E-state index contributed by atoms with van der Waals surface area (Å²) < 4.78 is 31.5. The van der Waals surface area contributed by atoms with E-state index in [2.05, 4.69) is 15.3 Å². The standard InChI is InChI=1S/C17H20N4O4S/c1-26(23,24)21-10-17(4-6-25-7-5-17)13-8-12(2-3-15(13)21)20-16(22)14-9-18-11-19-14/h2-3,8-9,11H,4-7,10H2,1H3,(H,18,19)(H,20,22). The summed E-state index contributed by atoms with van der Waals surface area (Å²) >= 11 is 0. The normalized spacial score (nSPS) is 18.7. The molecule has 26 heavy (non-hydrogen) atoms. The maximum atomic E-state index is 12.3. The summed E-state index contributed by atoms with van der Waals surface area (Å²) in [6, 6.07) is 5.38. The summed E-state index contributed by atoms with van der Waals surface area (Å²) in [5, 5.41) is 2.84. The van der Waals surface area contributed by atoms with Crippen LogP contribution in [0.1, 0.15) is 28.9 Å². The highest BCUT2D eigenvalue weighted by molar-refractivity contribution is 7.92. The molecule has 2 N–H and O–H groups in total. The molecule has 1 aromatic heterocycles. The van der Waals surface area contributed by atoms with Gasteiger partial charge < -0.3 is 15.0 Å². The van der Waals surface area contributed by atoms with Gasteiger partial charge in [0.15, 0.2) is 0 Å². The Balaban J connectivity index is 1.72. The van der Waals surface area contributed by atoms with Gasteiger partial charge in [0.2, 0.25) is 10.0 Å². The summed E-state index contributed by atoms with van der Waals surface area (Å²) in [6.07, 6.45) is 5.63. The van der Waals surface area contributed by atoms with Crippen LogP contribution in [0.4, 0.5) is 11.4 Å². The first kappa shape index (κ1) is 17.0. The molecular formula is C17H20N4O4S. The number of carbonyl (C=O) groups excluding carboxylic acids is 1. The minimum atomic E-state index is -3.37. The Kier molecular flexibility index (Phi) is 4.00. The van der Waals surface area contributed by atoms with Crippen molar-refractivity contribution in [2.75, 3.05) is 35.6 Å². The first-order chi connectivity index (χ1) is 12.4. The van der Waals surface area contributed by atoms with Crippen LogP contribution in [0, 0.1) is 0 Å². The molecule has 0 aliphatic carbocycles. The molecule has 2 aromatic rings. The van der Waals surface area contributed by atoms with Gasteiger partial charge >= 0.3 is 0 Å². The van der Waals surface area contributed by atoms with Gasteiger partial charge in [-0.15, -0.1) is 0 Å². The number of aromatic amines is 1. The van der Waals surface area contributed by atoms with E-state index in [9.17, 15) is 13.2 Å². The summed E-state index contributed by atoms with van der Waals surface area (Å²) in [4.78, 5) is 18.9. The molecule has 0 radical (unpaired) electrons. The van der Waals surface area contributed by atoms with Crippen molar-refractivity contribution < 1.29 is 17.9 Å². The average Bonchev–Trinajstić information content (AvgIpc) is 3.23. The second-order valence-electron chi connectivity index (χ2n) is 6.81. The number of rotatable bonds is 3. The maximum Gasteiger partial charge on any atom is 0.273 e. The van der Waals surface area contributed by atoms with Gasteiger partial charge in [-0.1, -0.05) is 0 Å². The molecule has 2 aliphatic rings. The van der Waals surface area contributed by atoms with Gasteiger partial charge in [0.05, 0.1) is 24.5 Å². The number of imidazole rings is 1. The van der Waals surface area contributed by atoms with Gasteiger partial charge in [-0.2, -0.15) is 0 Å². The second-order valence-corrected chi connectivity index (χ2v) is 8.72. The van der Waals surface area contributed by atoms with E-state index in [1.807, 2.05) is 6.07 Å². The second kappa shape index (κ2) is 6.10. The van der Waals surface area contributed by atoms with Crippen molar-refractivity contribution in [3.8, 4) is 0 Å². The number of carbonyl (C=O) groups is 1.